The van der Waals surface area contributed by atoms with Crippen molar-refractivity contribution in [3.63, 3.8) is 0 Å². The van der Waals surface area contributed by atoms with Gasteiger partial charge in [0.15, 0.2) is 30.2 Å². The van der Waals surface area contributed by atoms with Crippen molar-refractivity contribution in [3.8, 4) is 0 Å². The standard InChI is InChI=1S/C21H26O9.C18H19O6.C3H4O2/c1-10(2)17(22)27-14-9-26-21(30-20(25)13(7)8)16(29-19(24)12(5)6)15(14)28-18(23)11(3)4;1-5-13(19)11-8-12(11)17-10(4)22-9-14(23-15(20)6-2)18(17)24-16(21)7-3;1-2-3(4)5/h14-16,21H,1,3,5,7,9H2,2,4,6,8H3;5-8,10,14,17-18H,1-3,9H2,4H3;2H,1H2,(H,4,5)/t14-,15-,16+,21?;10?,14-,17+,18-;/m11./s1. The van der Waals surface area contributed by atoms with E-state index in [0.717, 1.165) is 18.2 Å². The Balaban J connectivity index is 0.000000538. The van der Waals surface area contributed by atoms with Crippen molar-refractivity contribution in [2.75, 3.05) is 13.2 Å². The highest BCUT2D eigenvalue weighted by Crippen LogP contribution is 2.44. The van der Waals surface area contributed by atoms with E-state index in [2.05, 4.69) is 52.6 Å². The highest BCUT2D eigenvalue weighted by molar-refractivity contribution is 6.11. The summed E-state index contributed by atoms with van der Waals surface area (Å²) in [7, 11) is 0. The normalized spacial score (nSPS) is 23.7. The lowest BCUT2D eigenvalue weighted by Gasteiger charge is -2.40. The van der Waals surface area contributed by atoms with Crippen LogP contribution in [-0.4, -0.2) is 109 Å². The number of carbonyl (C=O) groups excluding carboxylic acids is 7. The number of carboxylic acid groups (broad SMARTS) is 1. The van der Waals surface area contributed by atoms with Crippen molar-refractivity contribution in [1.29, 1.82) is 0 Å². The molecule has 2 unspecified atom stereocenters. The van der Waals surface area contributed by atoms with E-state index in [1.807, 2.05) is 0 Å². The van der Waals surface area contributed by atoms with Gasteiger partial charge < -0.3 is 43.0 Å². The lowest BCUT2D eigenvalue weighted by atomic mass is 9.87. The molecule has 0 bridgehead atoms. The first-order valence-corrected chi connectivity index (χ1v) is 17.5. The van der Waals surface area contributed by atoms with Crippen LogP contribution < -0.4 is 0 Å². The monoisotopic (exact) mass is 825 g/mol. The summed E-state index contributed by atoms with van der Waals surface area (Å²) in [6.07, 6.45) is -1.58. The van der Waals surface area contributed by atoms with Crippen LogP contribution in [-0.2, 0) is 76.3 Å². The van der Waals surface area contributed by atoms with Crippen molar-refractivity contribution >= 4 is 47.6 Å². The molecule has 0 saturated carbocycles. The fourth-order valence-corrected chi connectivity index (χ4v) is 4.83. The molecule has 0 aromatic heterocycles. The first-order valence-electron chi connectivity index (χ1n) is 17.5. The average molecular weight is 826 g/mol. The lowest BCUT2D eigenvalue weighted by molar-refractivity contribution is -0.272. The van der Waals surface area contributed by atoms with Crippen LogP contribution in [0.15, 0.2) is 110 Å². The molecule has 1 N–H and O–H groups in total. The van der Waals surface area contributed by atoms with Crippen LogP contribution in [0, 0.1) is 12.3 Å². The molecule has 2 fully saturated rings. The molecule has 1 aliphatic carbocycles. The number of ether oxygens (including phenoxy) is 8. The smallest absolute Gasteiger partial charge is 0.335 e. The molecule has 17 heteroatoms. The van der Waals surface area contributed by atoms with Gasteiger partial charge in [0.25, 0.3) is 0 Å². The molecule has 17 nitrogen and oxygen atoms in total. The highest BCUT2D eigenvalue weighted by Gasteiger charge is 2.51. The summed E-state index contributed by atoms with van der Waals surface area (Å²) >= 11 is 0. The lowest BCUT2D eigenvalue weighted by Crippen LogP contribution is -2.58. The van der Waals surface area contributed by atoms with Crippen LogP contribution in [0.5, 0.6) is 0 Å². The first kappa shape index (κ1) is 50.6. The van der Waals surface area contributed by atoms with Gasteiger partial charge in [-0.25, -0.2) is 33.6 Å². The van der Waals surface area contributed by atoms with E-state index < -0.39 is 84.5 Å². The minimum Gasteiger partial charge on any atom is -0.478 e. The molecule has 2 aliphatic heterocycles. The maximum Gasteiger partial charge on any atom is 0.335 e. The molecule has 0 amide bonds. The molecule has 3 rings (SSSR count). The fourth-order valence-electron chi connectivity index (χ4n) is 4.83. The number of carbonyl (C=O) groups is 8. The fraction of sp³-hybridized carbons (Fsp3) is 0.357. The van der Waals surface area contributed by atoms with Gasteiger partial charge in [0.1, 0.15) is 0 Å². The van der Waals surface area contributed by atoms with E-state index in [1.165, 1.54) is 33.8 Å². The van der Waals surface area contributed by atoms with Crippen LogP contribution in [0.4, 0.5) is 0 Å². The Labute approximate surface area is 341 Å². The van der Waals surface area contributed by atoms with Gasteiger partial charge in [0.05, 0.1) is 19.3 Å². The van der Waals surface area contributed by atoms with Gasteiger partial charge in [-0.05, 0) is 46.3 Å². The number of carboxylic acids is 1. The van der Waals surface area contributed by atoms with E-state index in [4.69, 9.17) is 43.0 Å². The number of ketones is 1. The summed E-state index contributed by atoms with van der Waals surface area (Å²) < 4.78 is 42.9. The van der Waals surface area contributed by atoms with Gasteiger partial charge in [-0.2, -0.15) is 0 Å². The van der Waals surface area contributed by atoms with E-state index in [0.29, 0.717) is 11.1 Å². The van der Waals surface area contributed by atoms with Crippen LogP contribution >= 0.6 is 0 Å². The number of aliphatic carboxylic acids is 1. The Morgan fingerprint density at radius 3 is 1.47 bits per heavy atom. The van der Waals surface area contributed by atoms with Crippen molar-refractivity contribution in [3.05, 3.63) is 117 Å². The van der Waals surface area contributed by atoms with Gasteiger partial charge in [0.2, 0.25) is 12.4 Å². The number of esters is 6. The van der Waals surface area contributed by atoms with Gasteiger partial charge in [-0.1, -0.05) is 52.6 Å². The van der Waals surface area contributed by atoms with Crippen LogP contribution in [0.25, 0.3) is 0 Å². The SMILES string of the molecule is C=C(C)C(=O)OC1OC[C@@H](OC(=O)C(=C)C)[C@@H](OC(=O)C(=C)C)[C@@H]1OC(=O)C(=C)C.C=CC(=O)O.C=CC(=O)O[C@H]1[C@H](C2=C(C(=O)C=C)[CH]2)C(C)OC[C@H]1OC(=O)C=C. The van der Waals surface area contributed by atoms with Crippen molar-refractivity contribution in [2.45, 2.75) is 77.5 Å². The second-order valence-corrected chi connectivity index (χ2v) is 12.9. The highest BCUT2D eigenvalue weighted by atomic mass is 16.7. The summed E-state index contributed by atoms with van der Waals surface area (Å²) in [6, 6.07) is 0. The van der Waals surface area contributed by atoms with Crippen LogP contribution in [0.3, 0.4) is 0 Å². The third-order valence-electron chi connectivity index (χ3n) is 7.86. The molecular formula is C42H49O17. The number of hydrogen-bond donors (Lipinski definition) is 1. The summed E-state index contributed by atoms with van der Waals surface area (Å²) in [5, 5.41) is 7.60. The molecule has 0 aromatic rings. The van der Waals surface area contributed by atoms with Crippen LogP contribution in [0.1, 0.15) is 34.6 Å². The zero-order valence-corrected chi connectivity index (χ0v) is 33.6. The molecule has 2 saturated heterocycles. The Morgan fingerprint density at radius 1 is 0.593 bits per heavy atom. The summed E-state index contributed by atoms with van der Waals surface area (Å²) in [4.78, 5) is 92.6. The Bertz CT molecular complexity index is 1750. The molecule has 3 aliphatic rings. The summed E-state index contributed by atoms with van der Waals surface area (Å²) in [6.45, 7) is 34.3. The third-order valence-corrected chi connectivity index (χ3v) is 7.86. The van der Waals surface area contributed by atoms with Crippen molar-refractivity contribution < 1.29 is 81.4 Å². The maximum atomic E-state index is 12.2. The minimum absolute atomic E-state index is 0.0333. The quantitative estimate of drug-likeness (QED) is 0.133. The van der Waals surface area contributed by atoms with E-state index >= 15 is 0 Å². The molecule has 1 radical (unpaired) electrons. The van der Waals surface area contributed by atoms with E-state index in [-0.39, 0.29) is 47.4 Å². The van der Waals surface area contributed by atoms with Gasteiger partial charge >= 0.3 is 41.8 Å². The zero-order chi connectivity index (χ0) is 45.3. The van der Waals surface area contributed by atoms with E-state index in [1.54, 1.807) is 13.3 Å². The summed E-state index contributed by atoms with van der Waals surface area (Å²) in [5.74, 6) is -6.20. The largest absolute Gasteiger partial charge is 0.478 e. The predicted octanol–water partition coefficient (Wildman–Crippen LogP) is 3.67. The van der Waals surface area contributed by atoms with Crippen molar-refractivity contribution in [1.82, 2.24) is 0 Å². The van der Waals surface area contributed by atoms with Crippen molar-refractivity contribution in [2.24, 2.45) is 5.92 Å². The minimum atomic E-state index is -1.46. The maximum absolute atomic E-state index is 12.2. The third kappa shape index (κ3) is 15.8. The topological polar surface area (TPSA) is 231 Å². The summed E-state index contributed by atoms with van der Waals surface area (Å²) in [5.41, 5.74) is 1.47. The van der Waals surface area contributed by atoms with Gasteiger partial charge in [-0.15, -0.1) is 0 Å². The predicted molar refractivity (Wildman–Crippen MR) is 208 cm³/mol. The zero-order valence-electron chi connectivity index (χ0n) is 33.6. The molecule has 59 heavy (non-hydrogen) atoms. The molecular weight excluding hydrogens is 776 g/mol. The second-order valence-electron chi connectivity index (χ2n) is 12.9. The van der Waals surface area contributed by atoms with Gasteiger partial charge in [0, 0.05) is 58.4 Å². The molecule has 8 atom stereocenters. The Morgan fingerprint density at radius 2 is 1.02 bits per heavy atom. The number of hydrogen-bond acceptors (Lipinski definition) is 16. The molecule has 0 spiro atoms. The second kappa shape index (κ2) is 23.7. The molecule has 319 valence electrons. The Kier molecular flexibility index (Phi) is 20.3. The van der Waals surface area contributed by atoms with E-state index in [9.17, 15) is 38.4 Å². The van der Waals surface area contributed by atoms with Crippen LogP contribution in [0.2, 0.25) is 0 Å². The molecule has 0 aromatic carbocycles. The van der Waals surface area contributed by atoms with Gasteiger partial charge in [-0.3, -0.25) is 4.79 Å². The average Bonchev–Trinajstić information content (AvgIpc) is 3.97. The number of allylic oxidation sites excluding steroid dienone is 2. The molecule has 2 heterocycles. The number of rotatable bonds is 16. The Hall–Kier alpha value is -6.46. The first-order chi connectivity index (χ1) is 27.5.